The van der Waals surface area contributed by atoms with Gasteiger partial charge in [-0.25, -0.2) is 0 Å². The van der Waals surface area contributed by atoms with Crippen LogP contribution >= 0.6 is 0 Å². The Labute approximate surface area is 125 Å². The Morgan fingerprint density at radius 2 is 1.00 bits per heavy atom. The zero-order valence-electron chi connectivity index (χ0n) is 13.7. The Morgan fingerprint density at radius 3 is 1.47 bits per heavy atom. The minimum atomic E-state index is 0.986. The second kappa shape index (κ2) is 18.2. The first-order valence-corrected chi connectivity index (χ1v) is 10.4. The zero-order valence-corrected chi connectivity index (χ0v) is 15.7. The van der Waals surface area contributed by atoms with E-state index in [1.165, 1.54) is 99.8 Å². The molecule has 0 aromatic carbocycles. The van der Waals surface area contributed by atoms with E-state index in [1.807, 2.05) is 0 Å². The first kappa shape index (κ1) is 19.2. The molecule has 0 aromatic rings. The van der Waals surface area contributed by atoms with Gasteiger partial charge >= 0.3 is 0 Å². The highest BCUT2D eigenvalue weighted by molar-refractivity contribution is 6.08. The Hall–Kier alpha value is 0.177. The van der Waals surface area contributed by atoms with Crippen molar-refractivity contribution in [2.45, 2.75) is 96.4 Å². The number of hydrogen-bond acceptors (Lipinski definition) is 1. The van der Waals surface area contributed by atoms with Gasteiger partial charge in [-0.3, -0.25) is 0 Å². The largest absolute Gasteiger partial charge is 0.381 e. The summed E-state index contributed by atoms with van der Waals surface area (Å²) >= 11 is 0. The molecule has 19 heavy (non-hydrogen) atoms. The van der Waals surface area contributed by atoms with Crippen LogP contribution in [-0.4, -0.2) is 23.5 Å². The summed E-state index contributed by atoms with van der Waals surface area (Å²) in [7, 11) is 1.40. The minimum absolute atomic E-state index is 0.986. The Kier molecular flexibility index (Phi) is 18.3. The van der Waals surface area contributed by atoms with E-state index in [-0.39, 0.29) is 0 Å². The normalized spacial score (nSPS) is 11.2. The van der Waals surface area contributed by atoms with E-state index in [9.17, 15) is 0 Å². The summed E-state index contributed by atoms with van der Waals surface area (Å²) < 4.78 is 5.66. The first-order chi connectivity index (χ1) is 9.41. The molecular formula is C17H38OSi. The summed E-state index contributed by atoms with van der Waals surface area (Å²) in [5.41, 5.74) is 0. The third-order valence-electron chi connectivity index (χ3n) is 3.78. The van der Waals surface area contributed by atoms with Gasteiger partial charge in [-0.05, 0) is 12.8 Å². The fourth-order valence-electron chi connectivity index (χ4n) is 2.42. The van der Waals surface area contributed by atoms with E-state index in [4.69, 9.17) is 4.74 Å². The van der Waals surface area contributed by atoms with Crippen molar-refractivity contribution in [1.82, 2.24) is 0 Å². The molecule has 0 heterocycles. The molecule has 116 valence electrons. The third-order valence-corrected chi connectivity index (χ3v) is 4.49. The highest BCUT2D eigenvalue weighted by Crippen LogP contribution is 2.10. The minimum Gasteiger partial charge on any atom is -0.381 e. The maximum atomic E-state index is 5.66. The monoisotopic (exact) mass is 286 g/mol. The van der Waals surface area contributed by atoms with Gasteiger partial charge in [0.15, 0.2) is 0 Å². The molecule has 0 radical (unpaired) electrons. The van der Waals surface area contributed by atoms with Gasteiger partial charge in [-0.2, -0.15) is 0 Å². The molecule has 0 amide bonds. The molecule has 0 unspecified atom stereocenters. The predicted octanol–water partition coefficient (Wildman–Crippen LogP) is 4.88. The van der Waals surface area contributed by atoms with Crippen molar-refractivity contribution in [3.63, 3.8) is 0 Å². The molecule has 0 saturated carbocycles. The highest BCUT2D eigenvalue weighted by atomic mass is 28.1. The molecule has 1 nitrogen and oxygen atoms in total. The lowest BCUT2D eigenvalue weighted by Gasteiger charge is -2.04. The fourth-order valence-corrected chi connectivity index (χ4v) is 2.92. The van der Waals surface area contributed by atoms with Gasteiger partial charge in [0.25, 0.3) is 0 Å². The van der Waals surface area contributed by atoms with Crippen molar-refractivity contribution >= 4 is 10.2 Å². The van der Waals surface area contributed by atoms with Crippen molar-refractivity contribution in [2.75, 3.05) is 13.2 Å². The van der Waals surface area contributed by atoms with Crippen molar-refractivity contribution in [3.05, 3.63) is 0 Å². The first-order valence-electron chi connectivity index (χ1n) is 8.99. The molecule has 0 rings (SSSR count). The van der Waals surface area contributed by atoms with Crippen LogP contribution < -0.4 is 0 Å². The second-order valence-corrected chi connectivity index (χ2v) is 6.86. The number of hydrogen-bond donors (Lipinski definition) is 0. The molecule has 0 saturated heterocycles. The third kappa shape index (κ3) is 18.2. The van der Waals surface area contributed by atoms with Crippen molar-refractivity contribution < 1.29 is 4.74 Å². The summed E-state index contributed by atoms with van der Waals surface area (Å²) in [6.07, 6.45) is 18.2. The molecule has 0 aliphatic carbocycles. The standard InChI is InChI=1S/C17H38OSi/c1-2-3-4-12-15-18-16-13-10-8-6-5-7-9-11-14-17-19/h2-17H2,1,19H3. The van der Waals surface area contributed by atoms with Crippen LogP contribution in [0, 0.1) is 0 Å². The van der Waals surface area contributed by atoms with E-state index in [0.717, 1.165) is 13.2 Å². The molecule has 0 atom stereocenters. The Bertz CT molecular complexity index is 134. The van der Waals surface area contributed by atoms with Gasteiger partial charge < -0.3 is 4.74 Å². The summed E-state index contributed by atoms with van der Waals surface area (Å²) in [6, 6.07) is 1.50. The summed E-state index contributed by atoms with van der Waals surface area (Å²) in [5.74, 6) is 0. The van der Waals surface area contributed by atoms with E-state index >= 15 is 0 Å². The quantitative estimate of drug-likeness (QED) is 0.290. The number of unbranched alkanes of at least 4 members (excludes halogenated alkanes) is 11. The van der Waals surface area contributed by atoms with Crippen molar-refractivity contribution in [3.8, 4) is 0 Å². The Morgan fingerprint density at radius 1 is 0.579 bits per heavy atom. The molecule has 0 fully saturated rings. The van der Waals surface area contributed by atoms with Gasteiger partial charge in [-0.15, -0.1) is 0 Å². The Balaban J connectivity index is 2.88. The van der Waals surface area contributed by atoms with Gasteiger partial charge in [0.05, 0.1) is 0 Å². The highest BCUT2D eigenvalue weighted by Gasteiger charge is 1.93. The van der Waals surface area contributed by atoms with Crippen LogP contribution in [0.4, 0.5) is 0 Å². The summed E-state index contributed by atoms with van der Waals surface area (Å²) in [4.78, 5) is 0. The van der Waals surface area contributed by atoms with Crippen LogP contribution in [0.2, 0.25) is 6.04 Å². The molecule has 0 aliphatic heterocycles. The summed E-state index contributed by atoms with van der Waals surface area (Å²) in [6.45, 7) is 4.24. The molecule has 0 spiro atoms. The van der Waals surface area contributed by atoms with Crippen LogP contribution in [0.5, 0.6) is 0 Å². The molecule has 0 bridgehead atoms. The van der Waals surface area contributed by atoms with E-state index in [2.05, 4.69) is 6.92 Å². The smallest absolute Gasteiger partial charge is 0.0466 e. The SMILES string of the molecule is CCCCCCOCCCCCCCCCCC[SiH3]. The lowest BCUT2D eigenvalue weighted by molar-refractivity contribution is 0.125. The number of ether oxygens (including phenoxy) is 1. The van der Waals surface area contributed by atoms with Crippen molar-refractivity contribution in [1.29, 1.82) is 0 Å². The van der Waals surface area contributed by atoms with E-state index in [1.54, 1.807) is 0 Å². The van der Waals surface area contributed by atoms with Crippen LogP contribution in [0.1, 0.15) is 90.4 Å². The lowest BCUT2D eigenvalue weighted by Crippen LogP contribution is -1.97. The lowest BCUT2D eigenvalue weighted by atomic mass is 10.1. The molecule has 0 aromatic heterocycles. The van der Waals surface area contributed by atoms with Gasteiger partial charge in [0.1, 0.15) is 0 Å². The van der Waals surface area contributed by atoms with Crippen molar-refractivity contribution in [2.24, 2.45) is 0 Å². The average Bonchev–Trinajstić information content (AvgIpc) is 2.43. The van der Waals surface area contributed by atoms with E-state index < -0.39 is 0 Å². The van der Waals surface area contributed by atoms with Crippen LogP contribution in [0.3, 0.4) is 0 Å². The maximum Gasteiger partial charge on any atom is 0.0466 e. The summed E-state index contributed by atoms with van der Waals surface area (Å²) in [5, 5.41) is 0. The number of rotatable bonds is 16. The van der Waals surface area contributed by atoms with Gasteiger partial charge in [0.2, 0.25) is 0 Å². The van der Waals surface area contributed by atoms with Gasteiger partial charge in [0, 0.05) is 23.5 Å². The van der Waals surface area contributed by atoms with Crippen LogP contribution in [0.15, 0.2) is 0 Å². The molecule has 0 N–H and O–H groups in total. The molecular weight excluding hydrogens is 248 g/mol. The molecule has 0 aliphatic rings. The van der Waals surface area contributed by atoms with E-state index in [0.29, 0.717) is 0 Å². The fraction of sp³-hybridized carbons (Fsp3) is 1.00. The molecule has 2 heteroatoms. The topological polar surface area (TPSA) is 9.23 Å². The maximum absolute atomic E-state index is 5.66. The predicted molar refractivity (Wildman–Crippen MR) is 91.3 cm³/mol. The second-order valence-electron chi connectivity index (χ2n) is 5.86. The average molecular weight is 287 g/mol. The zero-order chi connectivity index (χ0) is 14.0. The van der Waals surface area contributed by atoms with Crippen LogP contribution in [0.25, 0.3) is 0 Å². The van der Waals surface area contributed by atoms with Gasteiger partial charge in [-0.1, -0.05) is 83.6 Å². The van der Waals surface area contributed by atoms with Crippen LogP contribution in [-0.2, 0) is 4.74 Å².